The molecule has 0 radical (unpaired) electrons. The maximum atomic E-state index is 12.6. The van der Waals surface area contributed by atoms with Crippen LogP contribution in [0.1, 0.15) is 22.8 Å². The Morgan fingerprint density at radius 3 is 2.73 bits per heavy atom. The monoisotopic (exact) mass is 375 g/mol. The van der Waals surface area contributed by atoms with Crippen molar-refractivity contribution in [1.82, 2.24) is 5.32 Å². The highest BCUT2D eigenvalue weighted by atomic mass is 35.5. The Morgan fingerprint density at radius 1 is 1.23 bits per heavy atom. The fourth-order valence-electron chi connectivity index (χ4n) is 2.63. The van der Waals surface area contributed by atoms with Gasteiger partial charge < -0.3 is 19.5 Å². The summed E-state index contributed by atoms with van der Waals surface area (Å²) in [6, 6.07) is 11.6. The molecule has 1 aliphatic rings. The van der Waals surface area contributed by atoms with Crippen LogP contribution in [-0.4, -0.2) is 31.3 Å². The van der Waals surface area contributed by atoms with Gasteiger partial charge in [0.2, 0.25) is 6.79 Å². The molecule has 3 rings (SSSR count). The molecule has 0 saturated carbocycles. The molecular formula is C19H18ClNO5. The molecule has 0 saturated heterocycles. The summed E-state index contributed by atoms with van der Waals surface area (Å²) < 4.78 is 15.6. The van der Waals surface area contributed by atoms with Crippen LogP contribution in [0.25, 0.3) is 0 Å². The van der Waals surface area contributed by atoms with Crippen LogP contribution in [0.4, 0.5) is 0 Å². The topological polar surface area (TPSA) is 73.9 Å². The third kappa shape index (κ3) is 4.08. The molecule has 1 N–H and O–H groups in total. The number of fused-ring (bicyclic) bond motifs is 1. The predicted molar refractivity (Wildman–Crippen MR) is 95.6 cm³/mol. The van der Waals surface area contributed by atoms with Gasteiger partial charge in [0.25, 0.3) is 5.91 Å². The molecule has 2 aromatic rings. The maximum absolute atomic E-state index is 12.6. The van der Waals surface area contributed by atoms with Crippen LogP contribution in [0.15, 0.2) is 42.5 Å². The number of rotatable bonds is 6. The Bertz CT molecular complexity index is 809. The molecule has 0 aliphatic carbocycles. The van der Waals surface area contributed by atoms with E-state index in [4.69, 9.17) is 25.8 Å². The van der Waals surface area contributed by atoms with Crippen molar-refractivity contribution in [2.24, 2.45) is 0 Å². The number of benzene rings is 2. The van der Waals surface area contributed by atoms with Gasteiger partial charge in [-0.3, -0.25) is 4.79 Å². The second kappa shape index (κ2) is 8.10. The van der Waals surface area contributed by atoms with E-state index in [1.165, 1.54) is 12.1 Å². The van der Waals surface area contributed by atoms with E-state index in [-0.39, 0.29) is 24.0 Å². The zero-order valence-corrected chi connectivity index (χ0v) is 14.9. The Morgan fingerprint density at radius 2 is 2.00 bits per heavy atom. The summed E-state index contributed by atoms with van der Waals surface area (Å²) in [6.07, 6.45) is 0.323. The first-order valence-corrected chi connectivity index (χ1v) is 8.57. The quantitative estimate of drug-likeness (QED) is 0.786. The number of esters is 1. The molecule has 1 atom stereocenters. The number of amides is 1. The van der Waals surface area contributed by atoms with Crippen molar-refractivity contribution in [2.75, 3.05) is 13.4 Å². The third-order valence-corrected chi connectivity index (χ3v) is 4.13. The Labute approximate surface area is 156 Å². The van der Waals surface area contributed by atoms with Crippen LogP contribution in [0.3, 0.4) is 0 Å². The normalized spacial score (nSPS) is 13.2. The molecule has 26 heavy (non-hydrogen) atoms. The van der Waals surface area contributed by atoms with Crippen LogP contribution >= 0.6 is 11.6 Å². The maximum Gasteiger partial charge on any atom is 0.328 e. The highest BCUT2D eigenvalue weighted by molar-refractivity contribution is 6.32. The first kappa shape index (κ1) is 18.1. The molecular weight excluding hydrogens is 358 g/mol. The van der Waals surface area contributed by atoms with Crippen LogP contribution in [-0.2, 0) is 16.0 Å². The average molecular weight is 376 g/mol. The van der Waals surface area contributed by atoms with Gasteiger partial charge in [0.15, 0.2) is 11.5 Å². The highest BCUT2D eigenvalue weighted by Crippen LogP contribution is 2.39. The number of hydrogen-bond acceptors (Lipinski definition) is 5. The number of hydrogen-bond donors (Lipinski definition) is 1. The van der Waals surface area contributed by atoms with Crippen LogP contribution in [0.5, 0.6) is 11.5 Å². The van der Waals surface area contributed by atoms with Gasteiger partial charge in [-0.05, 0) is 24.6 Å². The first-order valence-electron chi connectivity index (χ1n) is 8.19. The van der Waals surface area contributed by atoms with E-state index < -0.39 is 17.9 Å². The molecule has 0 fully saturated rings. The van der Waals surface area contributed by atoms with Gasteiger partial charge in [0, 0.05) is 12.0 Å². The minimum absolute atomic E-state index is 0.0551. The van der Waals surface area contributed by atoms with Crippen molar-refractivity contribution in [3.8, 4) is 11.5 Å². The second-order valence-corrected chi connectivity index (χ2v) is 6.07. The average Bonchev–Trinajstić information content (AvgIpc) is 3.11. The fraction of sp³-hybridized carbons (Fsp3) is 0.263. The van der Waals surface area contributed by atoms with Crippen LogP contribution < -0.4 is 14.8 Å². The minimum atomic E-state index is -0.811. The molecule has 6 nitrogen and oxygen atoms in total. The van der Waals surface area contributed by atoms with Crippen molar-refractivity contribution in [3.05, 3.63) is 58.6 Å². The summed E-state index contributed by atoms with van der Waals surface area (Å²) in [4.78, 5) is 24.9. The molecule has 2 aromatic carbocycles. The molecule has 0 aromatic heterocycles. The second-order valence-electron chi connectivity index (χ2n) is 5.66. The first-order chi connectivity index (χ1) is 12.6. The smallest absolute Gasteiger partial charge is 0.328 e. The molecule has 1 unspecified atom stereocenters. The summed E-state index contributed by atoms with van der Waals surface area (Å²) in [7, 11) is 0. The lowest BCUT2D eigenvalue weighted by atomic mass is 10.1. The summed E-state index contributed by atoms with van der Waals surface area (Å²) in [5.41, 5.74) is 1.19. The van der Waals surface area contributed by atoms with Crippen LogP contribution in [0, 0.1) is 0 Å². The third-order valence-electron chi connectivity index (χ3n) is 3.85. The number of carbonyl (C=O) groups excluding carboxylic acids is 2. The number of ether oxygens (including phenoxy) is 3. The Hall–Kier alpha value is -2.73. The Balaban J connectivity index is 1.78. The van der Waals surface area contributed by atoms with Gasteiger partial charge in [-0.1, -0.05) is 41.9 Å². The minimum Gasteiger partial charge on any atom is -0.464 e. The lowest BCUT2D eigenvalue weighted by Crippen LogP contribution is -2.43. The zero-order chi connectivity index (χ0) is 18.5. The van der Waals surface area contributed by atoms with Crippen molar-refractivity contribution in [3.63, 3.8) is 0 Å². The van der Waals surface area contributed by atoms with E-state index in [2.05, 4.69) is 5.32 Å². The van der Waals surface area contributed by atoms with E-state index in [1.807, 2.05) is 30.3 Å². The van der Waals surface area contributed by atoms with E-state index >= 15 is 0 Å². The van der Waals surface area contributed by atoms with Gasteiger partial charge in [-0.25, -0.2) is 4.79 Å². The lowest BCUT2D eigenvalue weighted by molar-refractivity contribution is -0.145. The highest BCUT2D eigenvalue weighted by Gasteiger charge is 2.25. The van der Waals surface area contributed by atoms with Crippen molar-refractivity contribution in [2.45, 2.75) is 19.4 Å². The molecule has 7 heteroatoms. The summed E-state index contributed by atoms with van der Waals surface area (Å²) >= 11 is 6.12. The van der Waals surface area contributed by atoms with E-state index in [9.17, 15) is 9.59 Å². The zero-order valence-electron chi connectivity index (χ0n) is 14.2. The fourth-order valence-corrected chi connectivity index (χ4v) is 2.89. The molecule has 136 valence electrons. The largest absolute Gasteiger partial charge is 0.464 e. The van der Waals surface area contributed by atoms with Gasteiger partial charge in [0.1, 0.15) is 6.04 Å². The van der Waals surface area contributed by atoms with Gasteiger partial charge in [-0.2, -0.15) is 0 Å². The molecule has 1 heterocycles. The van der Waals surface area contributed by atoms with Gasteiger partial charge >= 0.3 is 5.97 Å². The molecule has 1 amide bonds. The molecule has 1 aliphatic heterocycles. The van der Waals surface area contributed by atoms with Crippen molar-refractivity contribution in [1.29, 1.82) is 0 Å². The number of nitrogens with one attached hydrogen (secondary N) is 1. The molecule has 0 spiro atoms. The molecule has 0 bridgehead atoms. The Kier molecular flexibility index (Phi) is 5.63. The lowest BCUT2D eigenvalue weighted by Gasteiger charge is -2.17. The summed E-state index contributed by atoms with van der Waals surface area (Å²) in [5.74, 6) is -0.122. The van der Waals surface area contributed by atoms with Crippen molar-refractivity contribution >= 4 is 23.5 Å². The van der Waals surface area contributed by atoms with Gasteiger partial charge in [-0.15, -0.1) is 0 Å². The van der Waals surface area contributed by atoms with Crippen LogP contribution in [0.2, 0.25) is 5.02 Å². The van der Waals surface area contributed by atoms with E-state index in [0.717, 1.165) is 5.56 Å². The SMILES string of the molecule is CCOC(=O)C(Cc1ccccc1)NC(=O)c1cc(Cl)c2c(c1)OCO2. The number of halogens is 1. The summed E-state index contributed by atoms with van der Waals surface area (Å²) in [6.45, 7) is 2.01. The number of carbonyl (C=O) groups is 2. The summed E-state index contributed by atoms with van der Waals surface area (Å²) in [5, 5.41) is 2.99. The van der Waals surface area contributed by atoms with Crippen molar-refractivity contribution < 1.29 is 23.8 Å². The van der Waals surface area contributed by atoms with Gasteiger partial charge in [0.05, 0.1) is 11.6 Å². The predicted octanol–water partition coefficient (Wildman–Crippen LogP) is 2.97. The van der Waals surface area contributed by atoms with E-state index in [0.29, 0.717) is 17.9 Å². The standard InChI is InChI=1S/C19H18ClNO5/c1-2-24-19(23)15(8-12-6-4-3-5-7-12)21-18(22)13-9-14(20)17-16(10-13)25-11-26-17/h3-7,9-10,15H,2,8,11H2,1H3,(H,21,22). The van der Waals surface area contributed by atoms with E-state index in [1.54, 1.807) is 6.92 Å².